The van der Waals surface area contributed by atoms with Crippen LogP contribution in [0, 0.1) is 0 Å². The fraction of sp³-hybridized carbons (Fsp3) is 0.200. The van der Waals surface area contributed by atoms with Gasteiger partial charge in [-0.05, 0) is 30.3 Å². The second-order valence-electron chi connectivity index (χ2n) is 4.39. The number of ether oxygens (including phenoxy) is 1. The molecule has 0 unspecified atom stereocenters. The summed E-state index contributed by atoms with van der Waals surface area (Å²) in [6.07, 6.45) is -4.43. The molecule has 0 amide bonds. The molecule has 21 heavy (non-hydrogen) atoms. The second kappa shape index (κ2) is 5.95. The summed E-state index contributed by atoms with van der Waals surface area (Å²) >= 11 is 0. The molecular weight excluding hydrogens is 283 g/mol. The molecule has 2 aromatic carbocycles. The Bertz CT molecular complexity index is 627. The molecule has 0 aromatic heterocycles. The van der Waals surface area contributed by atoms with Crippen molar-refractivity contribution >= 4 is 5.69 Å². The number of aromatic hydroxyl groups is 1. The molecule has 2 N–H and O–H groups in total. The van der Waals surface area contributed by atoms with Gasteiger partial charge in [0.25, 0.3) is 0 Å². The van der Waals surface area contributed by atoms with Gasteiger partial charge in [-0.15, -0.1) is 0 Å². The summed E-state index contributed by atoms with van der Waals surface area (Å²) in [6, 6.07) is 9.78. The Morgan fingerprint density at radius 3 is 2.52 bits per heavy atom. The summed E-state index contributed by atoms with van der Waals surface area (Å²) in [5.74, 6) is 0.515. The van der Waals surface area contributed by atoms with E-state index in [0.717, 1.165) is 6.07 Å². The average Bonchev–Trinajstić information content (AvgIpc) is 2.46. The molecule has 0 saturated heterocycles. The molecule has 2 rings (SSSR count). The molecule has 6 heteroatoms. The Kier molecular flexibility index (Phi) is 4.26. The highest BCUT2D eigenvalue weighted by molar-refractivity contribution is 5.53. The van der Waals surface area contributed by atoms with Crippen molar-refractivity contribution in [2.45, 2.75) is 12.7 Å². The number of anilines is 1. The van der Waals surface area contributed by atoms with Gasteiger partial charge in [-0.25, -0.2) is 0 Å². The van der Waals surface area contributed by atoms with Crippen molar-refractivity contribution in [3.05, 3.63) is 53.6 Å². The highest BCUT2D eigenvalue weighted by Gasteiger charge is 2.33. The van der Waals surface area contributed by atoms with Gasteiger partial charge < -0.3 is 15.2 Å². The van der Waals surface area contributed by atoms with E-state index in [1.165, 1.54) is 31.4 Å². The van der Waals surface area contributed by atoms with Crippen LogP contribution in [0.3, 0.4) is 0 Å². The third-order valence-electron chi connectivity index (χ3n) is 2.99. The van der Waals surface area contributed by atoms with Crippen LogP contribution in [-0.2, 0) is 12.7 Å². The van der Waals surface area contributed by atoms with E-state index in [4.69, 9.17) is 4.74 Å². The molecule has 3 nitrogen and oxygen atoms in total. The third-order valence-corrected chi connectivity index (χ3v) is 2.99. The number of para-hydroxylation sites is 1. The fourth-order valence-electron chi connectivity index (χ4n) is 1.91. The predicted molar refractivity (Wildman–Crippen MR) is 73.4 cm³/mol. The number of rotatable bonds is 4. The zero-order valence-corrected chi connectivity index (χ0v) is 11.2. The quantitative estimate of drug-likeness (QED) is 0.895. The summed E-state index contributed by atoms with van der Waals surface area (Å²) in [7, 11) is 1.47. The fourth-order valence-corrected chi connectivity index (χ4v) is 1.91. The summed E-state index contributed by atoms with van der Waals surface area (Å²) in [5, 5.41) is 12.4. The molecule has 0 fully saturated rings. The minimum Gasteiger partial charge on any atom is -0.508 e. The molecule has 0 radical (unpaired) electrons. The van der Waals surface area contributed by atoms with E-state index in [1.807, 2.05) is 0 Å². The van der Waals surface area contributed by atoms with Crippen molar-refractivity contribution in [3.63, 3.8) is 0 Å². The van der Waals surface area contributed by atoms with Crippen LogP contribution in [0.2, 0.25) is 0 Å². The van der Waals surface area contributed by atoms with Gasteiger partial charge in [0.2, 0.25) is 0 Å². The van der Waals surface area contributed by atoms with E-state index < -0.39 is 11.7 Å². The summed E-state index contributed by atoms with van der Waals surface area (Å²) in [5.41, 5.74) is -0.328. The van der Waals surface area contributed by atoms with Crippen LogP contribution in [0.1, 0.15) is 11.1 Å². The van der Waals surface area contributed by atoms with Crippen LogP contribution in [-0.4, -0.2) is 12.2 Å². The first kappa shape index (κ1) is 15.0. The van der Waals surface area contributed by atoms with Crippen LogP contribution in [0.5, 0.6) is 11.5 Å². The van der Waals surface area contributed by atoms with Crippen molar-refractivity contribution in [2.75, 3.05) is 12.4 Å². The summed E-state index contributed by atoms with van der Waals surface area (Å²) < 4.78 is 43.6. The number of methoxy groups -OCH3 is 1. The Morgan fingerprint density at radius 1 is 1.14 bits per heavy atom. The molecule has 0 aliphatic heterocycles. The van der Waals surface area contributed by atoms with E-state index in [1.54, 1.807) is 12.1 Å². The Labute approximate surface area is 120 Å². The van der Waals surface area contributed by atoms with Gasteiger partial charge in [-0.3, -0.25) is 0 Å². The number of hydrogen-bond donors (Lipinski definition) is 2. The maximum Gasteiger partial charge on any atom is 0.418 e. The Hall–Kier alpha value is -2.37. The standard InChI is InChI=1S/C15H14F3NO2/c1-21-11-6-7-14(20)10(8-11)9-19-13-5-3-2-4-12(13)15(16,17)18/h2-8,19-20H,9H2,1H3. The smallest absolute Gasteiger partial charge is 0.418 e. The largest absolute Gasteiger partial charge is 0.508 e. The average molecular weight is 297 g/mol. The molecule has 0 atom stereocenters. The monoisotopic (exact) mass is 297 g/mol. The number of phenolic OH excluding ortho intramolecular Hbond substituents is 1. The lowest BCUT2D eigenvalue weighted by molar-refractivity contribution is -0.136. The van der Waals surface area contributed by atoms with Crippen molar-refractivity contribution in [3.8, 4) is 11.5 Å². The predicted octanol–water partition coefficient (Wildman–Crippen LogP) is 4.03. The lowest BCUT2D eigenvalue weighted by Gasteiger charge is -2.15. The zero-order chi connectivity index (χ0) is 15.5. The Balaban J connectivity index is 2.21. The van der Waals surface area contributed by atoms with Crippen molar-refractivity contribution in [1.29, 1.82) is 0 Å². The first-order valence-electron chi connectivity index (χ1n) is 6.18. The van der Waals surface area contributed by atoms with E-state index in [2.05, 4.69) is 5.32 Å². The highest BCUT2D eigenvalue weighted by Crippen LogP contribution is 2.35. The third kappa shape index (κ3) is 3.59. The van der Waals surface area contributed by atoms with Crippen LogP contribution in [0.4, 0.5) is 18.9 Å². The first-order valence-corrected chi connectivity index (χ1v) is 6.18. The lowest BCUT2D eigenvalue weighted by Crippen LogP contribution is -2.10. The molecule has 0 saturated carbocycles. The number of nitrogens with one attached hydrogen (secondary N) is 1. The number of halogens is 3. The Morgan fingerprint density at radius 2 is 1.86 bits per heavy atom. The highest BCUT2D eigenvalue weighted by atomic mass is 19.4. The molecule has 112 valence electrons. The van der Waals surface area contributed by atoms with Gasteiger partial charge in [0.1, 0.15) is 11.5 Å². The van der Waals surface area contributed by atoms with E-state index in [9.17, 15) is 18.3 Å². The van der Waals surface area contributed by atoms with Gasteiger partial charge in [0, 0.05) is 17.8 Å². The number of alkyl halides is 3. The zero-order valence-electron chi connectivity index (χ0n) is 11.2. The van der Waals surface area contributed by atoms with Crippen molar-refractivity contribution < 1.29 is 23.0 Å². The van der Waals surface area contributed by atoms with Gasteiger partial charge in [0.15, 0.2) is 0 Å². The maximum atomic E-state index is 12.9. The number of hydrogen-bond acceptors (Lipinski definition) is 3. The molecule has 0 heterocycles. The van der Waals surface area contributed by atoms with Gasteiger partial charge in [-0.2, -0.15) is 13.2 Å². The second-order valence-corrected chi connectivity index (χ2v) is 4.39. The first-order chi connectivity index (χ1) is 9.91. The summed E-state index contributed by atoms with van der Waals surface area (Å²) in [6.45, 7) is 0.0517. The lowest BCUT2D eigenvalue weighted by atomic mass is 10.1. The molecule has 0 aliphatic carbocycles. The van der Waals surface area contributed by atoms with E-state index >= 15 is 0 Å². The SMILES string of the molecule is COc1ccc(O)c(CNc2ccccc2C(F)(F)F)c1. The molecule has 0 bridgehead atoms. The molecule has 2 aromatic rings. The van der Waals surface area contributed by atoms with Crippen molar-refractivity contribution in [1.82, 2.24) is 0 Å². The minimum atomic E-state index is -4.43. The number of phenols is 1. The maximum absolute atomic E-state index is 12.9. The van der Waals surface area contributed by atoms with Crippen LogP contribution in [0.25, 0.3) is 0 Å². The van der Waals surface area contributed by atoms with E-state index in [-0.39, 0.29) is 18.0 Å². The van der Waals surface area contributed by atoms with Gasteiger partial charge in [0.05, 0.1) is 12.7 Å². The normalized spacial score (nSPS) is 11.2. The van der Waals surface area contributed by atoms with Crippen LogP contribution >= 0.6 is 0 Å². The molecule has 0 spiro atoms. The summed E-state index contributed by atoms with van der Waals surface area (Å²) in [4.78, 5) is 0. The van der Waals surface area contributed by atoms with Crippen LogP contribution in [0.15, 0.2) is 42.5 Å². The van der Waals surface area contributed by atoms with Gasteiger partial charge >= 0.3 is 6.18 Å². The molecular formula is C15H14F3NO2. The van der Waals surface area contributed by atoms with Gasteiger partial charge in [-0.1, -0.05) is 12.1 Å². The topological polar surface area (TPSA) is 41.5 Å². The molecule has 0 aliphatic rings. The van der Waals surface area contributed by atoms with Crippen LogP contribution < -0.4 is 10.1 Å². The number of benzene rings is 2. The van der Waals surface area contributed by atoms with Crippen molar-refractivity contribution in [2.24, 2.45) is 0 Å². The van der Waals surface area contributed by atoms with E-state index in [0.29, 0.717) is 11.3 Å². The minimum absolute atomic E-state index is 0.00668.